The molecule has 0 saturated heterocycles. The predicted octanol–water partition coefficient (Wildman–Crippen LogP) is 4.78. The number of hydrogen-bond donors (Lipinski definition) is 2. The Bertz CT molecular complexity index is 945. The molecule has 1 heterocycles. The summed E-state index contributed by atoms with van der Waals surface area (Å²) in [6.07, 6.45) is 2.99. The summed E-state index contributed by atoms with van der Waals surface area (Å²) in [7, 11) is 0. The van der Waals surface area contributed by atoms with E-state index in [1.54, 1.807) is 6.08 Å². The van der Waals surface area contributed by atoms with Crippen LogP contribution in [0.1, 0.15) is 11.3 Å². The van der Waals surface area contributed by atoms with Gasteiger partial charge < -0.3 is 9.73 Å². The molecular weight excluding hydrogens is 344 g/mol. The number of thiocarbonyl (C=S) groups is 1. The highest BCUT2D eigenvalue weighted by Gasteiger charge is 2.04. The molecule has 130 valence electrons. The smallest absolute Gasteiger partial charge is 0.250 e. The first-order valence-corrected chi connectivity index (χ1v) is 8.53. The highest BCUT2D eigenvalue weighted by atomic mass is 32.1. The molecule has 3 rings (SSSR count). The van der Waals surface area contributed by atoms with Crippen molar-refractivity contribution in [3.63, 3.8) is 0 Å². The molecule has 0 saturated carbocycles. The lowest BCUT2D eigenvalue weighted by Gasteiger charge is -2.08. The Morgan fingerprint density at radius 3 is 2.62 bits per heavy atom. The van der Waals surface area contributed by atoms with Crippen LogP contribution in [0.2, 0.25) is 0 Å². The zero-order valence-electron chi connectivity index (χ0n) is 14.2. The number of nitrogens with one attached hydrogen (secondary N) is 2. The van der Waals surface area contributed by atoms with Crippen molar-refractivity contribution in [2.75, 3.05) is 5.32 Å². The topological polar surface area (TPSA) is 54.3 Å². The molecule has 4 nitrogen and oxygen atoms in total. The molecule has 0 fully saturated rings. The number of carbonyl (C=O) groups excluding carboxylic acids is 1. The van der Waals surface area contributed by atoms with Gasteiger partial charge in [-0.05, 0) is 55.0 Å². The van der Waals surface area contributed by atoms with Gasteiger partial charge in [0, 0.05) is 17.3 Å². The van der Waals surface area contributed by atoms with Crippen LogP contribution in [0.25, 0.3) is 17.4 Å². The van der Waals surface area contributed by atoms with E-state index in [1.807, 2.05) is 73.7 Å². The second-order valence-corrected chi connectivity index (χ2v) is 6.12. The van der Waals surface area contributed by atoms with E-state index in [-0.39, 0.29) is 11.0 Å². The number of carbonyl (C=O) groups is 1. The lowest BCUT2D eigenvalue weighted by Crippen LogP contribution is -2.32. The Labute approximate surface area is 157 Å². The van der Waals surface area contributed by atoms with Gasteiger partial charge in [-0.15, -0.1) is 0 Å². The Morgan fingerprint density at radius 1 is 1.04 bits per heavy atom. The van der Waals surface area contributed by atoms with Crippen molar-refractivity contribution in [3.05, 3.63) is 84.1 Å². The van der Waals surface area contributed by atoms with Crippen LogP contribution in [0.4, 0.5) is 5.69 Å². The van der Waals surface area contributed by atoms with Gasteiger partial charge in [-0.2, -0.15) is 0 Å². The van der Waals surface area contributed by atoms with Crippen LogP contribution in [0.5, 0.6) is 0 Å². The molecule has 0 unspecified atom stereocenters. The van der Waals surface area contributed by atoms with Crippen LogP contribution in [0, 0.1) is 6.92 Å². The van der Waals surface area contributed by atoms with Gasteiger partial charge in [0.05, 0.1) is 0 Å². The highest BCUT2D eigenvalue weighted by molar-refractivity contribution is 7.80. The van der Waals surface area contributed by atoms with E-state index in [9.17, 15) is 4.79 Å². The molecule has 26 heavy (non-hydrogen) atoms. The number of hydrogen-bond acceptors (Lipinski definition) is 3. The van der Waals surface area contributed by atoms with Crippen LogP contribution in [-0.2, 0) is 4.79 Å². The maximum Gasteiger partial charge on any atom is 0.250 e. The predicted molar refractivity (Wildman–Crippen MR) is 109 cm³/mol. The summed E-state index contributed by atoms with van der Waals surface area (Å²) in [5.41, 5.74) is 2.93. The second kappa shape index (κ2) is 8.27. The normalized spacial score (nSPS) is 10.7. The third kappa shape index (κ3) is 4.91. The molecule has 0 aliphatic carbocycles. The first kappa shape index (κ1) is 17.6. The van der Waals surface area contributed by atoms with E-state index in [2.05, 4.69) is 10.6 Å². The quantitative estimate of drug-likeness (QED) is 0.518. The van der Waals surface area contributed by atoms with Crippen LogP contribution in [0.3, 0.4) is 0 Å². The van der Waals surface area contributed by atoms with Crippen molar-refractivity contribution < 1.29 is 9.21 Å². The third-order valence-corrected chi connectivity index (χ3v) is 3.80. The average Bonchev–Trinajstić information content (AvgIpc) is 3.10. The van der Waals surface area contributed by atoms with Crippen LogP contribution in [-0.4, -0.2) is 11.0 Å². The van der Waals surface area contributed by atoms with Crippen molar-refractivity contribution in [1.29, 1.82) is 0 Å². The lowest BCUT2D eigenvalue weighted by molar-refractivity contribution is -0.115. The van der Waals surface area contributed by atoms with E-state index in [4.69, 9.17) is 16.6 Å². The molecule has 0 bridgehead atoms. The van der Waals surface area contributed by atoms with E-state index in [1.165, 1.54) is 6.08 Å². The van der Waals surface area contributed by atoms with E-state index in [0.29, 0.717) is 5.76 Å². The SMILES string of the molecule is Cc1cccc(NC(=S)NC(=O)/C=C/c2ccc(-c3ccccc3)o2)c1. The van der Waals surface area contributed by atoms with Crippen LogP contribution >= 0.6 is 12.2 Å². The zero-order chi connectivity index (χ0) is 18.4. The zero-order valence-corrected chi connectivity index (χ0v) is 15.0. The summed E-state index contributed by atoms with van der Waals surface area (Å²) in [5, 5.41) is 5.83. The van der Waals surface area contributed by atoms with Crippen molar-refractivity contribution in [3.8, 4) is 11.3 Å². The Balaban J connectivity index is 1.56. The minimum absolute atomic E-state index is 0.245. The number of rotatable bonds is 4. The third-order valence-electron chi connectivity index (χ3n) is 3.60. The Hall–Kier alpha value is -3.18. The van der Waals surface area contributed by atoms with Crippen LogP contribution in [0.15, 0.2) is 77.2 Å². The molecule has 0 atom stereocenters. The first-order chi connectivity index (χ1) is 12.6. The van der Waals surface area contributed by atoms with Crippen molar-refractivity contribution in [1.82, 2.24) is 5.32 Å². The van der Waals surface area contributed by atoms with Gasteiger partial charge in [-0.3, -0.25) is 10.1 Å². The highest BCUT2D eigenvalue weighted by Crippen LogP contribution is 2.22. The van der Waals surface area contributed by atoms with Crippen molar-refractivity contribution >= 4 is 35.0 Å². The molecule has 2 N–H and O–H groups in total. The summed E-state index contributed by atoms with van der Waals surface area (Å²) in [6, 6.07) is 21.2. The van der Waals surface area contributed by atoms with E-state index >= 15 is 0 Å². The van der Waals surface area contributed by atoms with Crippen molar-refractivity contribution in [2.45, 2.75) is 6.92 Å². The molecule has 0 aliphatic rings. The fraction of sp³-hybridized carbons (Fsp3) is 0.0476. The minimum Gasteiger partial charge on any atom is -0.457 e. The van der Waals surface area contributed by atoms with Crippen LogP contribution < -0.4 is 10.6 Å². The number of furan rings is 1. The van der Waals surface area contributed by atoms with Gasteiger partial charge in [0.25, 0.3) is 0 Å². The number of aryl methyl sites for hydroxylation is 1. The summed E-state index contributed by atoms with van der Waals surface area (Å²) in [6.45, 7) is 1.99. The van der Waals surface area contributed by atoms with Crippen molar-refractivity contribution in [2.24, 2.45) is 0 Å². The number of benzene rings is 2. The average molecular weight is 362 g/mol. The standard InChI is InChI=1S/C21H18N2O2S/c1-15-6-5-9-17(14-15)22-21(26)23-20(24)13-11-18-10-12-19(25-18)16-7-3-2-4-8-16/h2-14H,1H3,(H2,22,23,24,26)/b13-11+. The van der Waals surface area contributed by atoms with Gasteiger partial charge in [-0.1, -0.05) is 42.5 Å². The fourth-order valence-corrected chi connectivity index (χ4v) is 2.61. The number of anilines is 1. The maximum absolute atomic E-state index is 12.0. The van der Waals surface area contributed by atoms with Gasteiger partial charge in [0.15, 0.2) is 5.11 Å². The second-order valence-electron chi connectivity index (χ2n) is 5.71. The van der Waals surface area contributed by atoms with Gasteiger partial charge >= 0.3 is 0 Å². The molecule has 2 aromatic carbocycles. The summed E-state index contributed by atoms with van der Waals surface area (Å²) in [5.74, 6) is 1.02. The monoisotopic (exact) mass is 362 g/mol. The summed E-state index contributed by atoms with van der Waals surface area (Å²) >= 11 is 5.15. The Kier molecular flexibility index (Phi) is 5.61. The van der Waals surface area contributed by atoms with Gasteiger partial charge in [0.1, 0.15) is 11.5 Å². The fourth-order valence-electron chi connectivity index (χ4n) is 2.40. The molecule has 0 spiro atoms. The maximum atomic E-state index is 12.0. The molecule has 1 amide bonds. The first-order valence-electron chi connectivity index (χ1n) is 8.12. The van der Waals surface area contributed by atoms with E-state index in [0.717, 1.165) is 22.6 Å². The molecular formula is C21H18N2O2S. The van der Waals surface area contributed by atoms with Gasteiger partial charge in [-0.25, -0.2) is 0 Å². The largest absolute Gasteiger partial charge is 0.457 e. The molecule has 5 heteroatoms. The molecule has 0 aliphatic heterocycles. The minimum atomic E-state index is -0.326. The van der Waals surface area contributed by atoms with Gasteiger partial charge in [0.2, 0.25) is 5.91 Å². The Morgan fingerprint density at radius 2 is 1.85 bits per heavy atom. The molecule has 3 aromatic rings. The lowest BCUT2D eigenvalue weighted by atomic mass is 10.2. The molecule has 0 radical (unpaired) electrons. The summed E-state index contributed by atoms with van der Waals surface area (Å²) in [4.78, 5) is 12.0. The molecule has 1 aromatic heterocycles. The van der Waals surface area contributed by atoms with E-state index < -0.39 is 0 Å². The number of amides is 1. The summed E-state index contributed by atoms with van der Waals surface area (Å²) < 4.78 is 5.72.